The Kier molecular flexibility index (Phi) is 4.37. The number of H-pyrrole nitrogens is 1. The van der Waals surface area contributed by atoms with Gasteiger partial charge in [0.2, 0.25) is 0 Å². The number of piperazine rings is 1. The number of rotatable bonds is 4. The Hall–Kier alpha value is -2.45. The molecule has 2 N–H and O–H groups in total. The van der Waals surface area contributed by atoms with Gasteiger partial charge < -0.3 is 20.1 Å². The van der Waals surface area contributed by atoms with Gasteiger partial charge in [-0.2, -0.15) is 0 Å². The quantitative estimate of drug-likeness (QED) is 0.744. The van der Waals surface area contributed by atoms with Crippen LogP contribution in [0.25, 0.3) is 11.0 Å². The van der Waals surface area contributed by atoms with E-state index in [2.05, 4.69) is 37.1 Å². The van der Waals surface area contributed by atoms with E-state index in [1.165, 1.54) is 11.3 Å². The smallest absolute Gasteiger partial charge is 0.263 e. The summed E-state index contributed by atoms with van der Waals surface area (Å²) in [5, 5.41) is 3.89. The normalized spacial score (nSPS) is 15.6. The number of thiazole rings is 1. The number of fused-ring (bicyclic) bond motifs is 1. The molecule has 1 aromatic carbocycles. The molecule has 3 aromatic rings. The second kappa shape index (κ2) is 6.81. The number of aromatic amines is 1. The van der Waals surface area contributed by atoms with Crippen LogP contribution in [0.15, 0.2) is 30.7 Å². The molecule has 0 atom stereocenters. The topological polar surface area (TPSA) is 77.2 Å². The maximum absolute atomic E-state index is 12.4. The van der Waals surface area contributed by atoms with Crippen LogP contribution in [0.1, 0.15) is 15.2 Å². The van der Waals surface area contributed by atoms with Crippen molar-refractivity contribution in [1.82, 2.24) is 25.2 Å². The summed E-state index contributed by atoms with van der Waals surface area (Å²) in [6, 6.07) is 5.93. The van der Waals surface area contributed by atoms with E-state index >= 15 is 0 Å². The molecule has 0 aliphatic carbocycles. The monoisotopic (exact) mass is 356 g/mol. The van der Waals surface area contributed by atoms with E-state index in [0.717, 1.165) is 47.9 Å². The average Bonchev–Trinajstić information content (AvgIpc) is 3.29. The molecule has 2 aromatic heterocycles. The number of nitrogens with one attached hydrogen (secondary N) is 2. The summed E-state index contributed by atoms with van der Waals surface area (Å²) in [5.41, 5.74) is 2.94. The Morgan fingerprint density at radius 3 is 2.96 bits per heavy atom. The van der Waals surface area contributed by atoms with Crippen molar-refractivity contribution in [2.45, 2.75) is 6.54 Å². The van der Waals surface area contributed by atoms with E-state index < -0.39 is 0 Å². The van der Waals surface area contributed by atoms with Gasteiger partial charge in [0.15, 0.2) is 5.13 Å². The van der Waals surface area contributed by atoms with Crippen LogP contribution < -0.4 is 10.2 Å². The Morgan fingerprint density at radius 2 is 2.12 bits per heavy atom. The summed E-state index contributed by atoms with van der Waals surface area (Å²) in [6.07, 6.45) is 3.34. The SMILES string of the molecule is CN1CCN(c2ncc(C(=O)NCc3ccc4nc[nH]c4c3)s2)CC1. The maximum Gasteiger partial charge on any atom is 0.263 e. The number of anilines is 1. The predicted molar refractivity (Wildman–Crippen MR) is 99.1 cm³/mol. The van der Waals surface area contributed by atoms with Gasteiger partial charge in [-0.3, -0.25) is 4.79 Å². The van der Waals surface area contributed by atoms with Crippen molar-refractivity contribution in [1.29, 1.82) is 0 Å². The van der Waals surface area contributed by atoms with Crippen molar-refractivity contribution in [2.75, 3.05) is 38.1 Å². The minimum Gasteiger partial charge on any atom is -0.347 e. The fraction of sp³-hybridized carbons (Fsp3) is 0.353. The summed E-state index contributed by atoms with van der Waals surface area (Å²) in [5.74, 6) is -0.0809. The van der Waals surface area contributed by atoms with Gasteiger partial charge >= 0.3 is 0 Å². The Balaban J connectivity index is 1.38. The minimum absolute atomic E-state index is 0.0809. The lowest BCUT2D eigenvalue weighted by Gasteiger charge is -2.32. The van der Waals surface area contributed by atoms with Crippen molar-refractivity contribution in [3.05, 3.63) is 41.2 Å². The number of aromatic nitrogens is 3. The van der Waals surface area contributed by atoms with Gasteiger partial charge in [-0.15, -0.1) is 0 Å². The molecule has 1 aliphatic rings. The van der Waals surface area contributed by atoms with E-state index in [-0.39, 0.29) is 5.91 Å². The second-order valence-corrected chi connectivity index (χ2v) is 7.24. The van der Waals surface area contributed by atoms with Gasteiger partial charge in [0.25, 0.3) is 5.91 Å². The molecule has 0 bridgehead atoms. The second-order valence-electron chi connectivity index (χ2n) is 6.23. The zero-order valence-electron chi connectivity index (χ0n) is 14.0. The summed E-state index contributed by atoms with van der Waals surface area (Å²) in [6.45, 7) is 4.44. The predicted octanol–water partition coefficient (Wildman–Crippen LogP) is 1.70. The van der Waals surface area contributed by atoms with Gasteiger partial charge in [-0.25, -0.2) is 9.97 Å². The molecule has 3 heterocycles. The van der Waals surface area contributed by atoms with Crippen molar-refractivity contribution in [3.63, 3.8) is 0 Å². The number of carbonyl (C=O) groups is 1. The summed E-state index contributed by atoms with van der Waals surface area (Å²) >= 11 is 1.46. The largest absolute Gasteiger partial charge is 0.347 e. The number of carbonyl (C=O) groups excluding carboxylic acids is 1. The van der Waals surface area contributed by atoms with Crippen LogP contribution >= 0.6 is 11.3 Å². The fourth-order valence-electron chi connectivity index (χ4n) is 2.88. The number of benzene rings is 1. The van der Waals surface area contributed by atoms with E-state index in [4.69, 9.17) is 0 Å². The maximum atomic E-state index is 12.4. The van der Waals surface area contributed by atoms with Crippen LogP contribution in [-0.2, 0) is 6.54 Å². The summed E-state index contributed by atoms with van der Waals surface area (Å²) in [7, 11) is 2.12. The average molecular weight is 356 g/mol. The molecule has 8 heteroatoms. The molecule has 1 saturated heterocycles. The molecule has 1 amide bonds. The lowest BCUT2D eigenvalue weighted by molar-refractivity contribution is 0.0955. The zero-order valence-corrected chi connectivity index (χ0v) is 14.8. The van der Waals surface area contributed by atoms with Crippen molar-refractivity contribution in [2.24, 2.45) is 0 Å². The highest BCUT2D eigenvalue weighted by molar-refractivity contribution is 7.17. The molecule has 4 rings (SSSR count). The summed E-state index contributed by atoms with van der Waals surface area (Å²) < 4.78 is 0. The third kappa shape index (κ3) is 3.49. The Bertz CT molecular complexity index is 880. The number of hydrogen-bond acceptors (Lipinski definition) is 6. The van der Waals surface area contributed by atoms with Gasteiger partial charge in [0.1, 0.15) is 4.88 Å². The zero-order chi connectivity index (χ0) is 17.2. The fourth-order valence-corrected chi connectivity index (χ4v) is 3.76. The highest BCUT2D eigenvalue weighted by Crippen LogP contribution is 2.23. The molecule has 0 saturated carbocycles. The van der Waals surface area contributed by atoms with Crippen LogP contribution in [0.2, 0.25) is 0 Å². The van der Waals surface area contributed by atoms with Crippen molar-refractivity contribution < 1.29 is 4.79 Å². The van der Waals surface area contributed by atoms with Gasteiger partial charge in [-0.05, 0) is 24.7 Å². The number of imidazole rings is 1. The first-order chi connectivity index (χ1) is 12.2. The minimum atomic E-state index is -0.0809. The molecule has 1 fully saturated rings. The van der Waals surface area contributed by atoms with Crippen molar-refractivity contribution >= 4 is 33.4 Å². The lowest BCUT2D eigenvalue weighted by Crippen LogP contribution is -2.44. The molecule has 1 aliphatic heterocycles. The Morgan fingerprint density at radius 1 is 1.28 bits per heavy atom. The number of nitrogens with zero attached hydrogens (tertiary/aromatic N) is 4. The van der Waals surface area contributed by atoms with Crippen molar-refractivity contribution in [3.8, 4) is 0 Å². The standard InChI is InChI=1S/C17H20N6OS/c1-22-4-6-23(7-5-22)17-19-10-15(25-17)16(24)18-9-12-2-3-13-14(8-12)21-11-20-13/h2-3,8,10-11H,4-7,9H2,1H3,(H,18,24)(H,20,21). The van der Waals surface area contributed by atoms with E-state index in [1.807, 2.05) is 18.2 Å². The molecular weight excluding hydrogens is 336 g/mol. The van der Waals surface area contributed by atoms with Gasteiger partial charge in [-0.1, -0.05) is 17.4 Å². The Labute approximate surface area is 149 Å². The molecule has 0 unspecified atom stereocenters. The molecule has 130 valence electrons. The summed E-state index contributed by atoms with van der Waals surface area (Å²) in [4.78, 5) is 29.3. The third-order valence-electron chi connectivity index (χ3n) is 4.43. The molecule has 0 radical (unpaired) electrons. The third-order valence-corrected chi connectivity index (χ3v) is 5.49. The highest BCUT2D eigenvalue weighted by atomic mass is 32.1. The van der Waals surface area contributed by atoms with Gasteiger partial charge in [0, 0.05) is 32.7 Å². The van der Waals surface area contributed by atoms with Crippen LogP contribution in [0.3, 0.4) is 0 Å². The first-order valence-electron chi connectivity index (χ1n) is 8.28. The molecular formula is C17H20N6OS. The first-order valence-corrected chi connectivity index (χ1v) is 9.10. The van der Waals surface area contributed by atoms with E-state index in [0.29, 0.717) is 11.4 Å². The highest BCUT2D eigenvalue weighted by Gasteiger charge is 2.19. The molecule has 25 heavy (non-hydrogen) atoms. The van der Waals surface area contributed by atoms with Crippen LogP contribution in [0, 0.1) is 0 Å². The van der Waals surface area contributed by atoms with E-state index in [9.17, 15) is 4.79 Å². The van der Waals surface area contributed by atoms with Crippen LogP contribution in [0.5, 0.6) is 0 Å². The van der Waals surface area contributed by atoms with E-state index in [1.54, 1.807) is 12.5 Å². The number of likely N-dealkylation sites (N-methyl/N-ethyl adjacent to an activating group) is 1. The van der Waals surface area contributed by atoms with Crippen LogP contribution in [-0.4, -0.2) is 59.0 Å². The number of hydrogen-bond donors (Lipinski definition) is 2. The van der Waals surface area contributed by atoms with Gasteiger partial charge in [0.05, 0.1) is 23.6 Å². The first kappa shape index (κ1) is 16.0. The number of amides is 1. The molecule has 7 nitrogen and oxygen atoms in total. The molecule has 0 spiro atoms. The van der Waals surface area contributed by atoms with Crippen LogP contribution in [0.4, 0.5) is 5.13 Å². The lowest BCUT2D eigenvalue weighted by atomic mass is 10.2.